The minimum Gasteiger partial charge on any atom is -0.480 e. The van der Waals surface area contributed by atoms with Gasteiger partial charge in [0.25, 0.3) is 5.56 Å². The average Bonchev–Trinajstić information content (AvgIpc) is 2.92. The third kappa shape index (κ3) is 3.18. The van der Waals surface area contributed by atoms with Gasteiger partial charge in [-0.1, -0.05) is 13.8 Å². The highest BCUT2D eigenvalue weighted by Gasteiger charge is 2.15. The molecule has 0 fully saturated rings. The van der Waals surface area contributed by atoms with E-state index >= 15 is 0 Å². The van der Waals surface area contributed by atoms with Crippen LogP contribution in [0.15, 0.2) is 29.2 Å². The third-order valence-electron chi connectivity index (χ3n) is 3.91. The molecule has 1 aromatic carbocycles. The summed E-state index contributed by atoms with van der Waals surface area (Å²) >= 11 is 0. The lowest BCUT2D eigenvalue weighted by Crippen LogP contribution is -2.20. The summed E-state index contributed by atoms with van der Waals surface area (Å²) in [7, 11) is 1.53. The second kappa shape index (κ2) is 6.47. The Morgan fingerprint density at radius 1 is 1.33 bits per heavy atom. The van der Waals surface area contributed by atoms with Crippen LogP contribution in [0.25, 0.3) is 10.9 Å². The lowest BCUT2D eigenvalue weighted by molar-refractivity contribution is 0.386. The summed E-state index contributed by atoms with van der Waals surface area (Å²) in [4.78, 5) is 22.6. The molecule has 0 aliphatic carbocycles. The number of benzene rings is 1. The topological polar surface area (TPSA) is 70.8 Å². The number of hydrogen-bond acceptors (Lipinski definition) is 3. The number of rotatable bonds is 5. The summed E-state index contributed by atoms with van der Waals surface area (Å²) in [5, 5.41) is 0.782. The van der Waals surface area contributed by atoms with Gasteiger partial charge in [0.2, 0.25) is 5.88 Å². The Morgan fingerprint density at radius 3 is 2.83 bits per heavy atom. The normalized spacial score (nSPS) is 11.4. The molecule has 0 radical (unpaired) electrons. The molecular formula is C18H20FN3O2. The van der Waals surface area contributed by atoms with Crippen molar-refractivity contribution in [2.75, 3.05) is 7.11 Å². The van der Waals surface area contributed by atoms with E-state index in [4.69, 9.17) is 4.74 Å². The van der Waals surface area contributed by atoms with Crippen LogP contribution < -0.4 is 10.3 Å². The number of aromatic amines is 2. The van der Waals surface area contributed by atoms with Crippen molar-refractivity contribution in [2.24, 2.45) is 5.92 Å². The maximum Gasteiger partial charge on any atom is 0.270 e. The molecule has 0 saturated carbocycles. The van der Waals surface area contributed by atoms with Crippen molar-refractivity contribution in [3.8, 4) is 5.88 Å². The van der Waals surface area contributed by atoms with Crippen molar-refractivity contribution in [1.29, 1.82) is 0 Å². The summed E-state index contributed by atoms with van der Waals surface area (Å²) in [6.45, 7) is 4.06. The third-order valence-corrected chi connectivity index (χ3v) is 3.91. The largest absolute Gasteiger partial charge is 0.480 e. The van der Waals surface area contributed by atoms with E-state index in [0.717, 1.165) is 16.5 Å². The lowest BCUT2D eigenvalue weighted by Gasteiger charge is -2.10. The number of ether oxygens (including phenoxy) is 1. The van der Waals surface area contributed by atoms with Gasteiger partial charge in [-0.3, -0.25) is 4.79 Å². The molecule has 126 valence electrons. The van der Waals surface area contributed by atoms with Gasteiger partial charge in [-0.25, -0.2) is 9.37 Å². The van der Waals surface area contributed by atoms with Crippen molar-refractivity contribution in [3.63, 3.8) is 0 Å². The van der Waals surface area contributed by atoms with Crippen LogP contribution in [-0.4, -0.2) is 22.1 Å². The molecular weight excluding hydrogens is 309 g/mol. The summed E-state index contributed by atoms with van der Waals surface area (Å²) in [5.41, 5.74) is 2.57. The van der Waals surface area contributed by atoms with Gasteiger partial charge in [-0.15, -0.1) is 0 Å². The smallest absolute Gasteiger partial charge is 0.270 e. The summed E-state index contributed by atoms with van der Waals surface area (Å²) in [6, 6.07) is 4.58. The van der Waals surface area contributed by atoms with E-state index in [1.807, 2.05) is 20.0 Å². The molecule has 0 spiro atoms. The molecule has 2 heterocycles. The van der Waals surface area contributed by atoms with Crippen LogP contribution >= 0.6 is 0 Å². The van der Waals surface area contributed by atoms with Crippen LogP contribution in [0, 0.1) is 11.7 Å². The fourth-order valence-electron chi connectivity index (χ4n) is 2.80. The van der Waals surface area contributed by atoms with Crippen molar-refractivity contribution in [2.45, 2.75) is 26.7 Å². The molecule has 0 aliphatic heterocycles. The molecule has 0 atom stereocenters. The van der Waals surface area contributed by atoms with E-state index < -0.39 is 0 Å². The number of nitrogens with zero attached hydrogens (tertiary/aromatic N) is 1. The number of aromatic nitrogens is 3. The van der Waals surface area contributed by atoms with Crippen LogP contribution in [0.1, 0.15) is 30.8 Å². The molecule has 0 saturated heterocycles. The Labute approximate surface area is 138 Å². The highest BCUT2D eigenvalue weighted by atomic mass is 19.1. The second-order valence-corrected chi connectivity index (χ2v) is 6.28. The van der Waals surface area contributed by atoms with Crippen molar-refractivity contribution in [3.05, 3.63) is 57.5 Å². The predicted molar refractivity (Wildman–Crippen MR) is 91.0 cm³/mol. The molecule has 2 aromatic heterocycles. The first-order valence-electron chi connectivity index (χ1n) is 7.89. The van der Waals surface area contributed by atoms with Crippen molar-refractivity contribution >= 4 is 10.9 Å². The summed E-state index contributed by atoms with van der Waals surface area (Å²) in [5.74, 6) is 0.427. The number of methoxy groups -OCH3 is 1. The fourth-order valence-corrected chi connectivity index (χ4v) is 2.80. The van der Waals surface area contributed by atoms with Gasteiger partial charge < -0.3 is 14.7 Å². The van der Waals surface area contributed by atoms with Gasteiger partial charge in [0.05, 0.1) is 12.8 Å². The van der Waals surface area contributed by atoms with E-state index in [2.05, 4.69) is 15.0 Å². The van der Waals surface area contributed by atoms with Gasteiger partial charge in [-0.05, 0) is 36.1 Å². The molecule has 24 heavy (non-hydrogen) atoms. The Bertz CT molecular complexity index is 928. The highest BCUT2D eigenvalue weighted by Crippen LogP contribution is 2.24. The van der Waals surface area contributed by atoms with Crippen LogP contribution in [0.5, 0.6) is 5.88 Å². The molecule has 0 bridgehead atoms. The standard InChI is InChI=1S/C18H20FN3O2/c1-10(2)6-15-17(23)21-16(18(22-15)24-3)7-11-9-20-14-5-4-12(19)8-13(11)14/h4-5,8-10,20H,6-7H2,1-3H3,(H,21,23). The Morgan fingerprint density at radius 2 is 2.12 bits per heavy atom. The van der Waals surface area contributed by atoms with Crippen LogP contribution in [0.3, 0.4) is 0 Å². The minimum absolute atomic E-state index is 0.203. The van der Waals surface area contributed by atoms with E-state index in [1.54, 1.807) is 6.07 Å². The monoisotopic (exact) mass is 329 g/mol. The molecule has 0 aliphatic rings. The predicted octanol–water partition coefficient (Wildman–Crippen LogP) is 3.19. The number of hydrogen-bond donors (Lipinski definition) is 2. The zero-order chi connectivity index (χ0) is 17.3. The molecule has 2 N–H and O–H groups in total. The van der Waals surface area contributed by atoms with E-state index in [1.165, 1.54) is 19.2 Å². The Hall–Kier alpha value is -2.63. The quantitative estimate of drug-likeness (QED) is 0.755. The molecule has 3 rings (SSSR count). The summed E-state index contributed by atoms with van der Waals surface area (Å²) < 4.78 is 18.8. The van der Waals surface area contributed by atoms with Gasteiger partial charge in [0.15, 0.2) is 0 Å². The number of nitrogens with one attached hydrogen (secondary N) is 2. The minimum atomic E-state index is -0.297. The van der Waals surface area contributed by atoms with Gasteiger partial charge in [-0.2, -0.15) is 0 Å². The highest BCUT2D eigenvalue weighted by molar-refractivity contribution is 5.83. The molecule has 0 unspecified atom stereocenters. The zero-order valence-corrected chi connectivity index (χ0v) is 13.9. The first-order valence-corrected chi connectivity index (χ1v) is 7.89. The van der Waals surface area contributed by atoms with Crippen LogP contribution in [0.2, 0.25) is 0 Å². The maximum atomic E-state index is 13.5. The van der Waals surface area contributed by atoms with Crippen molar-refractivity contribution < 1.29 is 9.13 Å². The summed E-state index contributed by atoms with van der Waals surface area (Å²) in [6.07, 6.45) is 2.80. The van der Waals surface area contributed by atoms with Gasteiger partial charge >= 0.3 is 0 Å². The number of halogens is 1. The fraction of sp³-hybridized carbons (Fsp3) is 0.333. The van der Waals surface area contributed by atoms with Gasteiger partial charge in [0, 0.05) is 23.5 Å². The second-order valence-electron chi connectivity index (χ2n) is 6.28. The molecule has 6 heteroatoms. The lowest BCUT2D eigenvalue weighted by atomic mass is 10.1. The Kier molecular flexibility index (Phi) is 4.38. The van der Waals surface area contributed by atoms with E-state index in [0.29, 0.717) is 36.0 Å². The molecule has 3 aromatic rings. The number of H-pyrrole nitrogens is 2. The first-order chi connectivity index (χ1) is 11.5. The number of fused-ring (bicyclic) bond motifs is 1. The average molecular weight is 329 g/mol. The van der Waals surface area contributed by atoms with Gasteiger partial charge in [0.1, 0.15) is 11.5 Å². The SMILES string of the molecule is COc1nc(CC(C)C)c(=O)[nH]c1Cc1c[nH]c2ccc(F)cc12. The zero-order valence-electron chi connectivity index (χ0n) is 13.9. The van der Waals surface area contributed by atoms with Crippen LogP contribution in [0.4, 0.5) is 4.39 Å². The maximum absolute atomic E-state index is 13.5. The van der Waals surface area contributed by atoms with Crippen LogP contribution in [-0.2, 0) is 12.8 Å². The van der Waals surface area contributed by atoms with E-state index in [9.17, 15) is 9.18 Å². The van der Waals surface area contributed by atoms with E-state index in [-0.39, 0.29) is 11.4 Å². The Balaban J connectivity index is 2.01. The van der Waals surface area contributed by atoms with Crippen molar-refractivity contribution in [1.82, 2.24) is 15.0 Å². The molecule has 5 nitrogen and oxygen atoms in total. The first kappa shape index (κ1) is 16.2. The molecule has 0 amide bonds.